The molecule has 0 aliphatic carbocycles. The molecular weight excluding hydrogens is 266 g/mol. The minimum absolute atomic E-state index is 0.0183. The number of fused-ring (bicyclic) bond motifs is 1. The lowest BCUT2D eigenvalue weighted by atomic mass is 10.1. The number of hydrogen-bond donors (Lipinski definition) is 1. The Bertz CT molecular complexity index is 662. The molecule has 0 bridgehead atoms. The molecule has 21 heavy (non-hydrogen) atoms. The van der Waals surface area contributed by atoms with Gasteiger partial charge in [0.1, 0.15) is 12.4 Å². The van der Waals surface area contributed by atoms with E-state index in [1.807, 2.05) is 48.0 Å². The largest absolute Gasteiger partial charge is 0.488 e. The summed E-state index contributed by atoms with van der Waals surface area (Å²) in [5, 5.41) is 2.98. The van der Waals surface area contributed by atoms with Gasteiger partial charge in [-0.3, -0.25) is 4.79 Å². The summed E-state index contributed by atoms with van der Waals surface area (Å²) >= 11 is 0. The van der Waals surface area contributed by atoms with Crippen molar-refractivity contribution in [1.29, 1.82) is 0 Å². The summed E-state index contributed by atoms with van der Waals surface area (Å²) in [6.07, 6.45) is 7.23. The number of nitrogens with one attached hydrogen (secondary N) is 1. The quantitative estimate of drug-likeness (QED) is 0.932. The molecule has 3 rings (SSSR count). The van der Waals surface area contributed by atoms with Crippen LogP contribution >= 0.6 is 0 Å². The molecule has 2 aromatic rings. The number of aromatic nitrogens is 2. The third-order valence-electron chi connectivity index (χ3n) is 3.34. The monoisotopic (exact) mass is 283 g/mol. The highest BCUT2D eigenvalue weighted by atomic mass is 16.5. The van der Waals surface area contributed by atoms with Crippen LogP contribution in [0.3, 0.4) is 0 Å². The Morgan fingerprint density at radius 3 is 3.14 bits per heavy atom. The van der Waals surface area contributed by atoms with Crippen molar-refractivity contribution in [1.82, 2.24) is 14.9 Å². The van der Waals surface area contributed by atoms with Gasteiger partial charge in [0, 0.05) is 30.5 Å². The molecule has 0 radical (unpaired) electrons. The zero-order chi connectivity index (χ0) is 14.7. The van der Waals surface area contributed by atoms with Crippen molar-refractivity contribution in [3.63, 3.8) is 0 Å². The van der Waals surface area contributed by atoms with Crippen molar-refractivity contribution in [3.05, 3.63) is 54.1 Å². The van der Waals surface area contributed by atoms with E-state index in [-0.39, 0.29) is 11.9 Å². The van der Waals surface area contributed by atoms with Crippen LogP contribution in [0.4, 0.5) is 0 Å². The molecule has 2 heterocycles. The SMILES string of the molecule is CC(Cn1ccnc1)NC(=O)C1=Cc2ccccc2OC1. The summed E-state index contributed by atoms with van der Waals surface area (Å²) in [5.74, 6) is 0.734. The van der Waals surface area contributed by atoms with Gasteiger partial charge in [0.25, 0.3) is 5.91 Å². The van der Waals surface area contributed by atoms with E-state index >= 15 is 0 Å². The summed E-state index contributed by atoms with van der Waals surface area (Å²) in [6, 6.07) is 7.72. The third-order valence-corrected chi connectivity index (χ3v) is 3.34. The maximum atomic E-state index is 12.3. The van der Waals surface area contributed by atoms with Crippen LogP contribution in [-0.4, -0.2) is 28.1 Å². The lowest BCUT2D eigenvalue weighted by Crippen LogP contribution is -2.37. The van der Waals surface area contributed by atoms with E-state index in [1.54, 1.807) is 12.5 Å². The predicted molar refractivity (Wildman–Crippen MR) is 79.7 cm³/mol. The minimum Gasteiger partial charge on any atom is -0.488 e. The van der Waals surface area contributed by atoms with Crippen molar-refractivity contribution in [2.75, 3.05) is 6.61 Å². The van der Waals surface area contributed by atoms with Crippen LogP contribution in [0.25, 0.3) is 6.08 Å². The summed E-state index contributed by atoms with van der Waals surface area (Å²) in [4.78, 5) is 16.3. The van der Waals surface area contributed by atoms with Crippen LogP contribution in [0.2, 0.25) is 0 Å². The van der Waals surface area contributed by atoms with Crippen LogP contribution in [0.5, 0.6) is 5.75 Å². The van der Waals surface area contributed by atoms with Crippen molar-refractivity contribution in [2.45, 2.75) is 19.5 Å². The Morgan fingerprint density at radius 2 is 2.33 bits per heavy atom. The number of para-hydroxylation sites is 1. The Kier molecular flexibility index (Phi) is 3.73. The van der Waals surface area contributed by atoms with Crippen LogP contribution in [0.1, 0.15) is 12.5 Å². The highest BCUT2D eigenvalue weighted by Crippen LogP contribution is 2.25. The summed E-state index contributed by atoms with van der Waals surface area (Å²) in [5.41, 5.74) is 1.59. The molecule has 1 N–H and O–H groups in total. The van der Waals surface area contributed by atoms with Gasteiger partial charge in [-0.2, -0.15) is 0 Å². The van der Waals surface area contributed by atoms with Gasteiger partial charge < -0.3 is 14.6 Å². The molecule has 1 aliphatic rings. The molecule has 1 unspecified atom stereocenters. The number of benzene rings is 1. The molecule has 5 heteroatoms. The minimum atomic E-state index is -0.0860. The van der Waals surface area contributed by atoms with Gasteiger partial charge in [0.2, 0.25) is 0 Å². The summed E-state index contributed by atoms with van der Waals surface area (Å²) in [7, 11) is 0. The zero-order valence-electron chi connectivity index (χ0n) is 11.8. The van der Waals surface area contributed by atoms with Crippen molar-refractivity contribution in [3.8, 4) is 5.75 Å². The maximum Gasteiger partial charge on any atom is 0.250 e. The Hall–Kier alpha value is -2.56. The van der Waals surface area contributed by atoms with Gasteiger partial charge in [-0.05, 0) is 19.1 Å². The Balaban J connectivity index is 1.65. The van der Waals surface area contributed by atoms with Gasteiger partial charge in [0.15, 0.2) is 0 Å². The molecule has 1 aromatic carbocycles. The van der Waals surface area contributed by atoms with E-state index in [1.165, 1.54) is 0 Å². The van der Waals surface area contributed by atoms with E-state index in [9.17, 15) is 4.79 Å². The van der Waals surface area contributed by atoms with Crippen molar-refractivity contribution < 1.29 is 9.53 Å². The van der Waals surface area contributed by atoms with Gasteiger partial charge in [0.05, 0.1) is 11.9 Å². The van der Waals surface area contributed by atoms with E-state index < -0.39 is 0 Å². The van der Waals surface area contributed by atoms with Crippen molar-refractivity contribution >= 4 is 12.0 Å². The topological polar surface area (TPSA) is 56.2 Å². The first-order valence-electron chi connectivity index (χ1n) is 6.91. The summed E-state index contributed by atoms with van der Waals surface area (Å²) in [6.45, 7) is 2.97. The normalized spacial score (nSPS) is 14.6. The van der Waals surface area contributed by atoms with E-state index in [0.717, 1.165) is 11.3 Å². The Labute approximate surface area is 123 Å². The number of imidazole rings is 1. The molecular formula is C16H17N3O2. The molecule has 0 saturated heterocycles. The number of ether oxygens (including phenoxy) is 1. The first-order chi connectivity index (χ1) is 10.2. The molecule has 0 spiro atoms. The average Bonchev–Trinajstić information content (AvgIpc) is 2.99. The second-order valence-electron chi connectivity index (χ2n) is 5.13. The van der Waals surface area contributed by atoms with Crippen LogP contribution in [-0.2, 0) is 11.3 Å². The number of rotatable bonds is 4. The molecule has 1 aromatic heterocycles. The van der Waals surface area contributed by atoms with Gasteiger partial charge >= 0.3 is 0 Å². The average molecular weight is 283 g/mol. The molecule has 0 fully saturated rings. The van der Waals surface area contributed by atoms with Gasteiger partial charge in [-0.25, -0.2) is 4.98 Å². The highest BCUT2D eigenvalue weighted by molar-refractivity contribution is 5.99. The molecule has 5 nitrogen and oxygen atoms in total. The number of carbonyl (C=O) groups excluding carboxylic acids is 1. The number of hydrogen-bond acceptors (Lipinski definition) is 3. The second kappa shape index (κ2) is 5.83. The van der Waals surface area contributed by atoms with E-state index in [0.29, 0.717) is 18.7 Å². The molecule has 1 aliphatic heterocycles. The first kappa shape index (κ1) is 13.4. The smallest absolute Gasteiger partial charge is 0.250 e. The third kappa shape index (κ3) is 3.13. The maximum absolute atomic E-state index is 12.3. The van der Waals surface area contributed by atoms with Crippen LogP contribution in [0, 0.1) is 0 Å². The van der Waals surface area contributed by atoms with Gasteiger partial charge in [-0.1, -0.05) is 18.2 Å². The van der Waals surface area contributed by atoms with E-state index in [4.69, 9.17) is 4.74 Å². The van der Waals surface area contributed by atoms with Crippen LogP contribution < -0.4 is 10.1 Å². The molecule has 1 amide bonds. The molecule has 1 atom stereocenters. The lowest BCUT2D eigenvalue weighted by Gasteiger charge is -2.20. The molecule has 108 valence electrons. The fourth-order valence-corrected chi connectivity index (χ4v) is 2.32. The number of carbonyl (C=O) groups is 1. The molecule has 0 saturated carbocycles. The Morgan fingerprint density at radius 1 is 1.48 bits per heavy atom. The first-order valence-corrected chi connectivity index (χ1v) is 6.91. The second-order valence-corrected chi connectivity index (χ2v) is 5.13. The number of nitrogens with zero attached hydrogens (tertiary/aromatic N) is 2. The van der Waals surface area contributed by atoms with Crippen LogP contribution in [0.15, 0.2) is 48.6 Å². The van der Waals surface area contributed by atoms with Gasteiger partial charge in [-0.15, -0.1) is 0 Å². The standard InChI is InChI=1S/C16H17N3O2/c1-12(9-19-7-6-17-11-19)18-16(20)14-8-13-4-2-3-5-15(13)21-10-14/h2-8,11-12H,9-10H2,1H3,(H,18,20). The van der Waals surface area contributed by atoms with E-state index in [2.05, 4.69) is 10.3 Å². The van der Waals surface area contributed by atoms with Crippen molar-refractivity contribution in [2.24, 2.45) is 0 Å². The lowest BCUT2D eigenvalue weighted by molar-refractivity contribution is -0.118. The fraction of sp³-hybridized carbons (Fsp3) is 0.250. The fourth-order valence-electron chi connectivity index (χ4n) is 2.32. The highest BCUT2D eigenvalue weighted by Gasteiger charge is 2.18. The predicted octanol–water partition coefficient (Wildman–Crippen LogP) is 1.86. The zero-order valence-corrected chi connectivity index (χ0v) is 11.8. The summed E-state index contributed by atoms with van der Waals surface area (Å²) < 4.78 is 7.54. The number of amides is 1.